The highest BCUT2D eigenvalue weighted by Gasteiger charge is 2.19. The molecule has 1 unspecified atom stereocenters. The van der Waals surface area contributed by atoms with Gasteiger partial charge in [-0.2, -0.15) is 0 Å². The molecular formula is C8H12O3. The standard InChI is InChI=1S/C8H12O3/c1-6(4-8(9)10)7-2-3-11-5-7/h7H,1-5H2,(H,9,10). The summed E-state index contributed by atoms with van der Waals surface area (Å²) in [6.07, 6.45) is 1.00. The molecule has 0 bridgehead atoms. The van der Waals surface area contributed by atoms with Gasteiger partial charge in [0.2, 0.25) is 0 Å². The molecular weight excluding hydrogens is 144 g/mol. The van der Waals surface area contributed by atoms with Crippen molar-refractivity contribution < 1.29 is 14.6 Å². The summed E-state index contributed by atoms with van der Waals surface area (Å²) in [5.74, 6) is -0.534. The molecule has 3 heteroatoms. The summed E-state index contributed by atoms with van der Waals surface area (Å²) in [6.45, 7) is 5.10. The fourth-order valence-corrected chi connectivity index (χ4v) is 1.20. The summed E-state index contributed by atoms with van der Waals surface area (Å²) in [7, 11) is 0. The van der Waals surface area contributed by atoms with Crippen molar-refractivity contribution in [2.75, 3.05) is 13.2 Å². The fourth-order valence-electron chi connectivity index (χ4n) is 1.20. The van der Waals surface area contributed by atoms with Gasteiger partial charge in [-0.1, -0.05) is 12.2 Å². The zero-order valence-electron chi connectivity index (χ0n) is 6.38. The molecule has 1 saturated heterocycles. The van der Waals surface area contributed by atoms with Gasteiger partial charge in [-0.3, -0.25) is 4.79 Å². The fraction of sp³-hybridized carbons (Fsp3) is 0.625. The highest BCUT2D eigenvalue weighted by Crippen LogP contribution is 2.22. The van der Waals surface area contributed by atoms with Gasteiger partial charge in [0.05, 0.1) is 13.0 Å². The van der Waals surface area contributed by atoms with Crippen molar-refractivity contribution in [1.29, 1.82) is 0 Å². The van der Waals surface area contributed by atoms with E-state index in [-0.39, 0.29) is 12.3 Å². The Bertz CT molecular complexity index is 168. The maximum absolute atomic E-state index is 10.3. The van der Waals surface area contributed by atoms with Crippen molar-refractivity contribution in [1.82, 2.24) is 0 Å². The second-order valence-electron chi connectivity index (χ2n) is 2.79. The number of carbonyl (C=O) groups is 1. The van der Waals surface area contributed by atoms with Gasteiger partial charge in [0.15, 0.2) is 0 Å². The molecule has 0 amide bonds. The topological polar surface area (TPSA) is 46.5 Å². The SMILES string of the molecule is C=C(CC(=O)O)C1CCOC1. The number of rotatable bonds is 3. The van der Waals surface area contributed by atoms with Crippen molar-refractivity contribution in [2.45, 2.75) is 12.8 Å². The molecule has 1 rings (SSSR count). The quantitative estimate of drug-likeness (QED) is 0.621. The van der Waals surface area contributed by atoms with Crippen molar-refractivity contribution in [2.24, 2.45) is 5.92 Å². The molecule has 1 atom stereocenters. The van der Waals surface area contributed by atoms with Crippen LogP contribution in [-0.2, 0) is 9.53 Å². The van der Waals surface area contributed by atoms with Gasteiger partial charge >= 0.3 is 5.97 Å². The first-order chi connectivity index (χ1) is 5.20. The number of ether oxygens (including phenoxy) is 1. The van der Waals surface area contributed by atoms with Gasteiger partial charge in [-0.05, 0) is 6.42 Å². The summed E-state index contributed by atoms with van der Waals surface area (Å²) in [6, 6.07) is 0. The van der Waals surface area contributed by atoms with Crippen LogP contribution >= 0.6 is 0 Å². The summed E-state index contributed by atoms with van der Waals surface area (Å²) in [5.41, 5.74) is 0.787. The Morgan fingerprint density at radius 3 is 2.91 bits per heavy atom. The van der Waals surface area contributed by atoms with Crippen LogP contribution in [0.3, 0.4) is 0 Å². The summed E-state index contributed by atoms with van der Waals surface area (Å²) in [5, 5.41) is 8.44. The molecule has 3 nitrogen and oxygen atoms in total. The third kappa shape index (κ3) is 2.35. The van der Waals surface area contributed by atoms with Crippen molar-refractivity contribution in [3.05, 3.63) is 12.2 Å². The lowest BCUT2D eigenvalue weighted by Crippen LogP contribution is -2.07. The van der Waals surface area contributed by atoms with Gasteiger partial charge in [-0.25, -0.2) is 0 Å². The Kier molecular flexibility index (Phi) is 2.65. The van der Waals surface area contributed by atoms with E-state index in [0.717, 1.165) is 18.6 Å². The Hall–Kier alpha value is -0.830. The van der Waals surface area contributed by atoms with Crippen LogP contribution in [0.5, 0.6) is 0 Å². The zero-order chi connectivity index (χ0) is 8.27. The highest BCUT2D eigenvalue weighted by molar-refractivity contribution is 5.69. The van der Waals surface area contributed by atoms with E-state index in [1.165, 1.54) is 0 Å². The minimum atomic E-state index is -0.804. The highest BCUT2D eigenvalue weighted by atomic mass is 16.5. The molecule has 62 valence electrons. The van der Waals surface area contributed by atoms with Crippen LogP contribution in [0, 0.1) is 5.92 Å². The molecule has 0 aromatic carbocycles. The molecule has 1 fully saturated rings. The van der Waals surface area contributed by atoms with Crippen molar-refractivity contribution in [3.8, 4) is 0 Å². The first-order valence-corrected chi connectivity index (χ1v) is 3.67. The zero-order valence-corrected chi connectivity index (χ0v) is 6.38. The molecule has 0 saturated carbocycles. The van der Waals surface area contributed by atoms with E-state index in [4.69, 9.17) is 9.84 Å². The van der Waals surface area contributed by atoms with Crippen LogP contribution in [-0.4, -0.2) is 24.3 Å². The number of hydrogen-bond acceptors (Lipinski definition) is 2. The molecule has 0 aromatic heterocycles. The predicted molar refractivity (Wildman–Crippen MR) is 40.3 cm³/mol. The number of aliphatic carboxylic acids is 1. The van der Waals surface area contributed by atoms with E-state index in [0.29, 0.717) is 6.61 Å². The molecule has 1 aliphatic heterocycles. The van der Waals surface area contributed by atoms with Crippen LogP contribution in [0.1, 0.15) is 12.8 Å². The second kappa shape index (κ2) is 3.53. The van der Waals surface area contributed by atoms with Gasteiger partial charge in [0, 0.05) is 12.5 Å². The number of carboxylic acid groups (broad SMARTS) is 1. The summed E-state index contributed by atoms with van der Waals surface area (Å²) in [4.78, 5) is 10.3. The summed E-state index contributed by atoms with van der Waals surface area (Å²) >= 11 is 0. The van der Waals surface area contributed by atoms with Gasteiger partial charge in [0.1, 0.15) is 0 Å². The maximum atomic E-state index is 10.3. The van der Waals surface area contributed by atoms with Gasteiger partial charge in [-0.15, -0.1) is 0 Å². The normalized spacial score (nSPS) is 23.5. The Labute approximate surface area is 65.7 Å². The first-order valence-electron chi connectivity index (χ1n) is 3.67. The Morgan fingerprint density at radius 2 is 2.45 bits per heavy atom. The monoisotopic (exact) mass is 156 g/mol. The third-order valence-electron chi connectivity index (χ3n) is 1.89. The lowest BCUT2D eigenvalue weighted by molar-refractivity contribution is -0.136. The molecule has 0 radical (unpaired) electrons. The van der Waals surface area contributed by atoms with E-state index >= 15 is 0 Å². The molecule has 1 N–H and O–H groups in total. The van der Waals surface area contributed by atoms with Crippen LogP contribution in [0.2, 0.25) is 0 Å². The van der Waals surface area contributed by atoms with Crippen LogP contribution in [0.4, 0.5) is 0 Å². The minimum absolute atomic E-state index is 0.0774. The molecule has 0 aliphatic carbocycles. The van der Waals surface area contributed by atoms with E-state index < -0.39 is 5.97 Å². The average Bonchev–Trinajstić information content (AvgIpc) is 2.35. The van der Waals surface area contributed by atoms with E-state index in [1.54, 1.807) is 0 Å². The molecule has 0 aromatic rings. The van der Waals surface area contributed by atoms with E-state index in [2.05, 4.69) is 6.58 Å². The predicted octanol–water partition coefficient (Wildman–Crippen LogP) is 1.05. The molecule has 1 aliphatic rings. The molecule has 11 heavy (non-hydrogen) atoms. The van der Waals surface area contributed by atoms with Crippen LogP contribution < -0.4 is 0 Å². The van der Waals surface area contributed by atoms with Crippen LogP contribution in [0.25, 0.3) is 0 Å². The van der Waals surface area contributed by atoms with Gasteiger partial charge < -0.3 is 9.84 Å². The van der Waals surface area contributed by atoms with Crippen molar-refractivity contribution in [3.63, 3.8) is 0 Å². The van der Waals surface area contributed by atoms with E-state index in [1.807, 2.05) is 0 Å². The molecule has 0 spiro atoms. The van der Waals surface area contributed by atoms with E-state index in [9.17, 15) is 4.79 Å². The lowest BCUT2D eigenvalue weighted by atomic mass is 9.97. The Morgan fingerprint density at radius 1 is 1.73 bits per heavy atom. The summed E-state index contributed by atoms with van der Waals surface area (Å²) < 4.78 is 5.11. The lowest BCUT2D eigenvalue weighted by Gasteiger charge is -2.07. The van der Waals surface area contributed by atoms with Crippen molar-refractivity contribution >= 4 is 5.97 Å². The Balaban J connectivity index is 2.34. The first kappa shape index (κ1) is 8.27. The van der Waals surface area contributed by atoms with Crippen LogP contribution in [0.15, 0.2) is 12.2 Å². The third-order valence-corrected chi connectivity index (χ3v) is 1.89. The maximum Gasteiger partial charge on any atom is 0.307 e. The van der Waals surface area contributed by atoms with Gasteiger partial charge in [0.25, 0.3) is 0 Å². The largest absolute Gasteiger partial charge is 0.481 e. The molecule has 1 heterocycles. The number of carboxylic acids is 1. The average molecular weight is 156 g/mol. The second-order valence-corrected chi connectivity index (χ2v) is 2.79. The smallest absolute Gasteiger partial charge is 0.307 e. The number of hydrogen-bond donors (Lipinski definition) is 1. The minimum Gasteiger partial charge on any atom is -0.481 e.